The molecule has 6 heteroatoms. The fourth-order valence-corrected chi connectivity index (χ4v) is 2.57. The summed E-state index contributed by atoms with van der Waals surface area (Å²) in [6.07, 6.45) is -0.269. The molecule has 3 rings (SSSR count). The van der Waals surface area contributed by atoms with E-state index < -0.39 is 0 Å². The van der Waals surface area contributed by atoms with Crippen LogP contribution in [0.5, 0.6) is 23.0 Å². The van der Waals surface area contributed by atoms with Gasteiger partial charge in [0.05, 0.1) is 19.2 Å². The smallest absolute Gasteiger partial charge is 0.257 e. The van der Waals surface area contributed by atoms with Crippen LogP contribution in [0.3, 0.4) is 0 Å². The number of carbonyl (C=O) groups is 1. The Morgan fingerprint density at radius 1 is 1.29 bits per heavy atom. The molecule has 1 aliphatic heterocycles. The first-order valence-corrected chi connectivity index (χ1v) is 7.59. The van der Waals surface area contributed by atoms with E-state index in [1.165, 1.54) is 18.1 Å². The van der Waals surface area contributed by atoms with E-state index >= 15 is 0 Å². The quantitative estimate of drug-likeness (QED) is 0.932. The number of nitrogens with zero attached hydrogens (tertiary/aromatic N) is 1. The molecular weight excluding hydrogens is 310 g/mol. The standard InChI is InChI=1S/C18H19NO5/c1-19(18(21)14-8-7-12(22-2)9-15(14)20)10-13-11-23-16-5-3-4-6-17(16)24-13/h3-9,13,20H,10-11H2,1-2H3. The Hall–Kier alpha value is -2.89. The Morgan fingerprint density at radius 2 is 2.04 bits per heavy atom. The molecule has 0 aliphatic carbocycles. The van der Waals surface area contributed by atoms with Crippen molar-refractivity contribution in [3.63, 3.8) is 0 Å². The number of amides is 1. The van der Waals surface area contributed by atoms with Crippen molar-refractivity contribution >= 4 is 5.91 Å². The second kappa shape index (κ2) is 6.70. The number of phenols is 1. The van der Waals surface area contributed by atoms with Crippen molar-refractivity contribution < 1.29 is 24.1 Å². The van der Waals surface area contributed by atoms with Gasteiger partial charge >= 0.3 is 0 Å². The molecule has 0 spiro atoms. The number of fused-ring (bicyclic) bond motifs is 1. The number of hydrogen-bond donors (Lipinski definition) is 1. The summed E-state index contributed by atoms with van der Waals surface area (Å²) in [6.45, 7) is 0.710. The van der Waals surface area contributed by atoms with Crippen molar-refractivity contribution in [3.05, 3.63) is 48.0 Å². The molecule has 0 aromatic heterocycles. The zero-order valence-corrected chi connectivity index (χ0v) is 13.6. The maximum absolute atomic E-state index is 12.5. The van der Waals surface area contributed by atoms with Crippen LogP contribution in [0, 0.1) is 0 Å². The van der Waals surface area contributed by atoms with Crippen LogP contribution in [0.4, 0.5) is 0 Å². The highest BCUT2D eigenvalue weighted by molar-refractivity contribution is 5.96. The number of benzene rings is 2. The van der Waals surface area contributed by atoms with Gasteiger partial charge in [0, 0.05) is 13.1 Å². The van der Waals surface area contributed by atoms with Crippen LogP contribution < -0.4 is 14.2 Å². The minimum atomic E-state index is -0.294. The largest absolute Gasteiger partial charge is 0.507 e. The van der Waals surface area contributed by atoms with E-state index in [1.807, 2.05) is 24.3 Å². The van der Waals surface area contributed by atoms with Crippen LogP contribution >= 0.6 is 0 Å². The van der Waals surface area contributed by atoms with Crippen molar-refractivity contribution in [2.45, 2.75) is 6.10 Å². The lowest BCUT2D eigenvalue weighted by Gasteiger charge is -2.29. The number of methoxy groups -OCH3 is 1. The third-order valence-corrected chi connectivity index (χ3v) is 3.83. The molecule has 1 N–H and O–H groups in total. The highest BCUT2D eigenvalue weighted by Crippen LogP contribution is 2.31. The van der Waals surface area contributed by atoms with Crippen LogP contribution in [0.15, 0.2) is 42.5 Å². The lowest BCUT2D eigenvalue weighted by Crippen LogP contribution is -2.41. The minimum Gasteiger partial charge on any atom is -0.507 e. The molecule has 0 saturated heterocycles. The molecule has 0 fully saturated rings. The number of carbonyl (C=O) groups excluding carboxylic acids is 1. The summed E-state index contributed by atoms with van der Waals surface area (Å²) in [5.41, 5.74) is 0.218. The van der Waals surface area contributed by atoms with E-state index in [9.17, 15) is 9.90 Å². The van der Waals surface area contributed by atoms with Crippen LogP contribution in [-0.4, -0.2) is 49.3 Å². The Kier molecular flexibility index (Phi) is 4.46. The van der Waals surface area contributed by atoms with E-state index in [1.54, 1.807) is 19.2 Å². The lowest BCUT2D eigenvalue weighted by atomic mass is 10.1. The van der Waals surface area contributed by atoms with Gasteiger partial charge < -0.3 is 24.2 Å². The first-order chi connectivity index (χ1) is 11.6. The van der Waals surface area contributed by atoms with Crippen molar-refractivity contribution in [2.24, 2.45) is 0 Å². The van der Waals surface area contributed by atoms with E-state index in [0.29, 0.717) is 30.4 Å². The van der Waals surface area contributed by atoms with Crippen LogP contribution in [0.2, 0.25) is 0 Å². The average molecular weight is 329 g/mol. The highest BCUT2D eigenvalue weighted by atomic mass is 16.6. The molecule has 1 atom stereocenters. The van der Waals surface area contributed by atoms with Gasteiger partial charge in [0.1, 0.15) is 18.1 Å². The molecule has 1 amide bonds. The first kappa shape index (κ1) is 16.0. The molecule has 24 heavy (non-hydrogen) atoms. The van der Waals surface area contributed by atoms with Crippen LogP contribution in [0.1, 0.15) is 10.4 Å². The monoisotopic (exact) mass is 329 g/mol. The van der Waals surface area contributed by atoms with Gasteiger partial charge in [-0.15, -0.1) is 0 Å². The predicted molar refractivity (Wildman–Crippen MR) is 88.0 cm³/mol. The molecule has 126 valence electrons. The van der Waals surface area contributed by atoms with Crippen molar-refractivity contribution in [1.29, 1.82) is 0 Å². The third kappa shape index (κ3) is 3.22. The van der Waals surface area contributed by atoms with Crippen LogP contribution in [-0.2, 0) is 0 Å². The Labute approximate surface area is 140 Å². The summed E-state index contributed by atoms with van der Waals surface area (Å²) in [6, 6.07) is 12.0. The molecule has 1 heterocycles. The van der Waals surface area contributed by atoms with E-state index in [-0.39, 0.29) is 23.3 Å². The van der Waals surface area contributed by atoms with Crippen molar-refractivity contribution in [3.8, 4) is 23.0 Å². The van der Waals surface area contributed by atoms with Gasteiger partial charge in [-0.2, -0.15) is 0 Å². The van der Waals surface area contributed by atoms with E-state index in [2.05, 4.69) is 0 Å². The molecule has 0 radical (unpaired) electrons. The van der Waals surface area contributed by atoms with Gasteiger partial charge in [0.15, 0.2) is 17.6 Å². The molecule has 0 saturated carbocycles. The third-order valence-electron chi connectivity index (χ3n) is 3.83. The number of ether oxygens (including phenoxy) is 3. The number of aromatic hydroxyl groups is 1. The molecule has 0 bridgehead atoms. The fraction of sp³-hybridized carbons (Fsp3) is 0.278. The maximum atomic E-state index is 12.5. The molecular formula is C18H19NO5. The Morgan fingerprint density at radius 3 is 2.75 bits per heavy atom. The normalized spacial score (nSPS) is 15.7. The summed E-state index contributed by atoms with van der Waals surface area (Å²) in [5, 5.41) is 9.99. The molecule has 1 aliphatic rings. The maximum Gasteiger partial charge on any atom is 0.257 e. The highest BCUT2D eigenvalue weighted by Gasteiger charge is 2.25. The lowest BCUT2D eigenvalue weighted by molar-refractivity contribution is 0.0519. The molecule has 2 aromatic rings. The number of para-hydroxylation sites is 2. The summed E-state index contributed by atoms with van der Waals surface area (Å²) in [7, 11) is 3.16. The topological polar surface area (TPSA) is 68.2 Å². The van der Waals surface area contributed by atoms with Gasteiger partial charge in [-0.3, -0.25) is 4.79 Å². The predicted octanol–water partition coefficient (Wildman–Crippen LogP) is 2.31. The van der Waals surface area contributed by atoms with Crippen molar-refractivity contribution in [1.82, 2.24) is 4.90 Å². The Bertz CT molecular complexity index is 746. The second-order valence-corrected chi connectivity index (χ2v) is 5.57. The van der Waals surface area contributed by atoms with Gasteiger partial charge in [-0.05, 0) is 24.3 Å². The first-order valence-electron chi connectivity index (χ1n) is 7.59. The zero-order valence-electron chi connectivity index (χ0n) is 13.6. The fourth-order valence-electron chi connectivity index (χ4n) is 2.57. The average Bonchev–Trinajstić information content (AvgIpc) is 2.60. The summed E-state index contributed by atoms with van der Waals surface area (Å²) in [5.74, 6) is 1.46. The van der Waals surface area contributed by atoms with Gasteiger partial charge in [-0.25, -0.2) is 0 Å². The summed E-state index contributed by atoms with van der Waals surface area (Å²) >= 11 is 0. The SMILES string of the molecule is COc1ccc(C(=O)N(C)CC2COc3ccccc3O2)c(O)c1. The molecule has 2 aromatic carbocycles. The second-order valence-electron chi connectivity index (χ2n) is 5.57. The van der Waals surface area contributed by atoms with E-state index in [4.69, 9.17) is 14.2 Å². The summed E-state index contributed by atoms with van der Waals surface area (Å²) in [4.78, 5) is 14.0. The zero-order chi connectivity index (χ0) is 17.1. The molecule has 6 nitrogen and oxygen atoms in total. The van der Waals surface area contributed by atoms with Crippen LogP contribution in [0.25, 0.3) is 0 Å². The number of rotatable bonds is 4. The summed E-state index contributed by atoms with van der Waals surface area (Å²) < 4.78 is 16.5. The van der Waals surface area contributed by atoms with Crippen molar-refractivity contribution in [2.75, 3.05) is 27.3 Å². The number of phenolic OH excluding ortho intramolecular Hbond substituents is 1. The number of hydrogen-bond acceptors (Lipinski definition) is 5. The Balaban J connectivity index is 1.67. The minimum absolute atomic E-state index is 0.114. The number of likely N-dealkylation sites (N-methyl/N-ethyl adjacent to an activating group) is 1. The van der Waals surface area contributed by atoms with Gasteiger partial charge in [0.2, 0.25) is 0 Å². The van der Waals surface area contributed by atoms with Gasteiger partial charge in [-0.1, -0.05) is 12.1 Å². The molecule has 1 unspecified atom stereocenters. The van der Waals surface area contributed by atoms with Gasteiger partial charge in [0.25, 0.3) is 5.91 Å². The van der Waals surface area contributed by atoms with E-state index in [0.717, 1.165) is 0 Å².